The molecule has 2 aromatic heterocycles. The van der Waals surface area contributed by atoms with E-state index in [4.69, 9.17) is 0 Å². The van der Waals surface area contributed by atoms with Gasteiger partial charge in [0.15, 0.2) is 0 Å². The van der Waals surface area contributed by atoms with E-state index in [1.165, 1.54) is 131 Å². The molecule has 0 aliphatic heterocycles. The molecule has 4 aromatic rings. The van der Waals surface area contributed by atoms with Crippen molar-refractivity contribution in [2.75, 3.05) is 0 Å². The third-order valence-corrected chi connectivity index (χ3v) is 9.67. The molecule has 0 fully saturated rings. The smallest absolute Gasteiger partial charge is 0.0345 e. The van der Waals surface area contributed by atoms with Gasteiger partial charge in [0.1, 0.15) is 0 Å². The topological polar surface area (TPSA) is 0 Å². The zero-order valence-electron chi connectivity index (χ0n) is 22.5. The quantitative estimate of drug-likeness (QED) is 0.130. The predicted octanol–water partition coefficient (Wildman–Crippen LogP) is 12.1. The highest BCUT2D eigenvalue weighted by Gasteiger charge is 2.08. The number of fused-ring (bicyclic) bond motifs is 1. The number of thiophene rings is 2. The van der Waals surface area contributed by atoms with Crippen LogP contribution in [0.25, 0.3) is 31.7 Å². The highest BCUT2D eigenvalue weighted by Crippen LogP contribution is 2.35. The van der Waals surface area contributed by atoms with Gasteiger partial charge in [0.25, 0.3) is 0 Å². The normalized spacial score (nSPS) is 11.5. The van der Waals surface area contributed by atoms with E-state index in [0.29, 0.717) is 0 Å². The number of hydrogen-bond acceptors (Lipinski definition) is 2. The lowest BCUT2D eigenvalue weighted by molar-refractivity contribution is 0.609. The maximum atomic E-state index is 2.39. The fourth-order valence-corrected chi connectivity index (χ4v) is 7.14. The van der Waals surface area contributed by atoms with E-state index in [1.54, 1.807) is 0 Å². The van der Waals surface area contributed by atoms with Crippen LogP contribution in [0.2, 0.25) is 0 Å². The van der Waals surface area contributed by atoms with Crippen molar-refractivity contribution in [2.45, 2.75) is 104 Å². The first-order valence-electron chi connectivity index (χ1n) is 14.5. The van der Waals surface area contributed by atoms with Gasteiger partial charge in [-0.15, -0.1) is 22.7 Å². The molecule has 0 radical (unpaired) electrons. The summed E-state index contributed by atoms with van der Waals surface area (Å²) in [5.74, 6) is 0. The molecule has 2 heterocycles. The van der Waals surface area contributed by atoms with Gasteiger partial charge in [0.05, 0.1) is 0 Å². The Bertz CT molecular complexity index is 1090. The molecule has 2 aromatic carbocycles. The highest BCUT2D eigenvalue weighted by atomic mass is 32.1. The van der Waals surface area contributed by atoms with Crippen LogP contribution in [0.5, 0.6) is 0 Å². The molecule has 0 saturated heterocycles. The minimum absolute atomic E-state index is 1.23. The average Bonchev–Trinajstić information content (AvgIpc) is 3.58. The zero-order chi connectivity index (χ0) is 25.0. The number of hydrogen-bond donors (Lipinski definition) is 0. The molecule has 0 amide bonds. The van der Waals surface area contributed by atoms with Crippen LogP contribution in [-0.2, 0) is 12.8 Å². The van der Waals surface area contributed by atoms with Crippen molar-refractivity contribution in [3.05, 3.63) is 70.4 Å². The molecule has 0 bridgehead atoms. The molecular formula is C34H44S2. The van der Waals surface area contributed by atoms with Crippen molar-refractivity contribution in [1.82, 2.24) is 0 Å². The fourth-order valence-electron chi connectivity index (χ4n) is 5.05. The Morgan fingerprint density at radius 2 is 0.889 bits per heavy atom. The van der Waals surface area contributed by atoms with Crippen LogP contribution in [-0.4, -0.2) is 0 Å². The van der Waals surface area contributed by atoms with Crippen LogP contribution >= 0.6 is 22.7 Å². The van der Waals surface area contributed by atoms with Crippen LogP contribution in [0.3, 0.4) is 0 Å². The molecule has 4 rings (SSSR count). The Kier molecular flexibility index (Phi) is 11.1. The second-order valence-electron chi connectivity index (χ2n) is 10.3. The summed E-state index contributed by atoms with van der Waals surface area (Å²) in [6, 6.07) is 23.3. The summed E-state index contributed by atoms with van der Waals surface area (Å²) in [6.45, 7) is 4.58. The molecule has 0 N–H and O–H groups in total. The van der Waals surface area contributed by atoms with Crippen molar-refractivity contribution >= 4 is 33.4 Å². The predicted molar refractivity (Wildman–Crippen MR) is 165 cm³/mol. The van der Waals surface area contributed by atoms with E-state index in [9.17, 15) is 0 Å². The average molecular weight is 517 g/mol. The van der Waals surface area contributed by atoms with Crippen molar-refractivity contribution in [2.24, 2.45) is 0 Å². The summed E-state index contributed by atoms with van der Waals surface area (Å²) in [7, 11) is 0. The van der Waals surface area contributed by atoms with Crippen LogP contribution < -0.4 is 0 Å². The van der Waals surface area contributed by atoms with Gasteiger partial charge in [-0.1, -0.05) is 102 Å². The lowest BCUT2D eigenvalue weighted by atomic mass is 10.0. The molecule has 0 unspecified atom stereocenters. The minimum atomic E-state index is 1.23. The maximum Gasteiger partial charge on any atom is 0.0345 e. The van der Waals surface area contributed by atoms with Crippen molar-refractivity contribution in [1.29, 1.82) is 0 Å². The molecule has 0 atom stereocenters. The second-order valence-corrected chi connectivity index (χ2v) is 12.7. The number of unbranched alkanes of at least 4 members (excludes halogenated alkanes) is 10. The Labute approximate surface area is 227 Å². The Hall–Kier alpha value is -1.90. The number of rotatable bonds is 16. The Morgan fingerprint density at radius 3 is 1.36 bits per heavy atom. The maximum absolute atomic E-state index is 2.39. The standard InChI is InChI=1S/C34H44S2/c1-3-5-7-9-11-13-15-31-21-23-33(35-31)28-19-17-27-18-20-29(26-30(27)25-28)34-24-22-32(36-34)16-14-12-10-8-6-4-2/h17-26H,3-16H2,1-2H3. The molecule has 0 saturated carbocycles. The van der Waals surface area contributed by atoms with Crippen molar-refractivity contribution in [3.8, 4) is 20.9 Å². The van der Waals surface area contributed by atoms with E-state index in [0.717, 1.165) is 0 Å². The van der Waals surface area contributed by atoms with Crippen LogP contribution in [0.4, 0.5) is 0 Å². The van der Waals surface area contributed by atoms with Gasteiger partial charge in [-0.3, -0.25) is 0 Å². The van der Waals surface area contributed by atoms with Gasteiger partial charge >= 0.3 is 0 Å². The van der Waals surface area contributed by atoms with E-state index in [2.05, 4.69) is 74.5 Å². The molecule has 192 valence electrons. The highest BCUT2D eigenvalue weighted by molar-refractivity contribution is 7.15. The van der Waals surface area contributed by atoms with Crippen LogP contribution in [0, 0.1) is 0 Å². The largest absolute Gasteiger partial charge is 0.140 e. The van der Waals surface area contributed by atoms with E-state index in [-0.39, 0.29) is 0 Å². The van der Waals surface area contributed by atoms with Crippen molar-refractivity contribution in [3.63, 3.8) is 0 Å². The van der Waals surface area contributed by atoms with Gasteiger partial charge in [-0.25, -0.2) is 0 Å². The summed E-state index contributed by atoms with van der Waals surface area (Å²) < 4.78 is 0. The SMILES string of the molecule is CCCCCCCCc1ccc(-c2ccc3ccc(-c4ccc(CCCCCCCC)s4)cc3c2)s1. The lowest BCUT2D eigenvalue weighted by Gasteiger charge is -2.05. The van der Waals surface area contributed by atoms with Crippen LogP contribution in [0.15, 0.2) is 60.7 Å². The minimum Gasteiger partial charge on any atom is -0.140 e. The summed E-state index contributed by atoms with van der Waals surface area (Å²) >= 11 is 3.96. The fraction of sp³-hybridized carbons (Fsp3) is 0.471. The zero-order valence-corrected chi connectivity index (χ0v) is 24.1. The first kappa shape index (κ1) is 27.1. The Balaban J connectivity index is 1.36. The molecule has 0 aliphatic carbocycles. The second kappa shape index (κ2) is 14.7. The third kappa shape index (κ3) is 8.05. The summed E-state index contributed by atoms with van der Waals surface area (Å²) in [6.07, 6.45) is 18.9. The van der Waals surface area contributed by atoms with Gasteiger partial charge in [0, 0.05) is 19.5 Å². The van der Waals surface area contributed by atoms with Crippen LogP contribution in [0.1, 0.15) is 101 Å². The van der Waals surface area contributed by atoms with E-state index >= 15 is 0 Å². The third-order valence-electron chi connectivity index (χ3n) is 7.29. The summed E-state index contributed by atoms with van der Waals surface area (Å²) in [5, 5.41) is 2.68. The lowest BCUT2D eigenvalue weighted by Crippen LogP contribution is -1.82. The van der Waals surface area contributed by atoms with Gasteiger partial charge in [0.2, 0.25) is 0 Å². The van der Waals surface area contributed by atoms with Gasteiger partial charge in [-0.2, -0.15) is 0 Å². The van der Waals surface area contributed by atoms with Gasteiger partial charge < -0.3 is 0 Å². The van der Waals surface area contributed by atoms with E-state index in [1.807, 2.05) is 22.7 Å². The summed E-state index contributed by atoms with van der Waals surface area (Å²) in [4.78, 5) is 5.87. The van der Waals surface area contributed by atoms with Crippen molar-refractivity contribution < 1.29 is 0 Å². The molecule has 0 spiro atoms. The van der Waals surface area contributed by atoms with E-state index < -0.39 is 0 Å². The molecule has 0 nitrogen and oxygen atoms in total. The molecule has 36 heavy (non-hydrogen) atoms. The first-order valence-corrected chi connectivity index (χ1v) is 16.1. The molecule has 2 heteroatoms. The van der Waals surface area contributed by atoms with Gasteiger partial charge in [-0.05, 0) is 84.0 Å². The monoisotopic (exact) mass is 516 g/mol. The molecular weight excluding hydrogens is 473 g/mol. The molecule has 0 aliphatic rings. The Morgan fingerprint density at radius 1 is 0.444 bits per heavy atom. The number of aryl methyl sites for hydroxylation is 2. The number of benzene rings is 2. The first-order chi connectivity index (χ1) is 17.8. The summed E-state index contributed by atoms with van der Waals surface area (Å²) in [5.41, 5.74) is 2.71.